The van der Waals surface area contributed by atoms with E-state index in [1.807, 2.05) is 62.0 Å². The molecule has 0 saturated carbocycles. The summed E-state index contributed by atoms with van der Waals surface area (Å²) in [7, 11) is 0. The van der Waals surface area contributed by atoms with Crippen molar-refractivity contribution < 1.29 is 8.78 Å². The predicted octanol–water partition coefficient (Wildman–Crippen LogP) is 4.38. The van der Waals surface area contributed by atoms with E-state index in [0.29, 0.717) is 12.8 Å². The van der Waals surface area contributed by atoms with Crippen LogP contribution >= 0.6 is 0 Å². The topological polar surface area (TPSA) is 29.9 Å². The lowest BCUT2D eigenvalue weighted by atomic mass is 10.0. The minimum atomic E-state index is -2.39. The second-order valence-electron chi connectivity index (χ2n) is 6.20. The number of halogens is 2. The fourth-order valence-electron chi connectivity index (χ4n) is 2.52. The lowest BCUT2D eigenvalue weighted by Crippen LogP contribution is -2.37. The number of rotatable bonds is 8. The van der Waals surface area contributed by atoms with Crippen molar-refractivity contribution in [3.05, 3.63) is 53.9 Å². The molecule has 0 unspecified atom stereocenters. The Balaban J connectivity index is 1.95. The summed E-state index contributed by atoms with van der Waals surface area (Å²) in [6.45, 7) is 5.98. The summed E-state index contributed by atoms with van der Waals surface area (Å²) in [6.07, 6.45) is 2.33. The first-order chi connectivity index (χ1) is 11.0. The van der Waals surface area contributed by atoms with E-state index in [2.05, 4.69) is 10.4 Å². The van der Waals surface area contributed by atoms with Crippen LogP contribution in [0.2, 0.25) is 0 Å². The Bertz CT molecular complexity index is 581. The van der Waals surface area contributed by atoms with Gasteiger partial charge in [0.25, 0.3) is 6.43 Å². The molecule has 1 aromatic carbocycles. The van der Waals surface area contributed by atoms with Crippen LogP contribution in [0.15, 0.2) is 42.7 Å². The van der Waals surface area contributed by atoms with Gasteiger partial charge in [0.2, 0.25) is 0 Å². The van der Waals surface area contributed by atoms with Gasteiger partial charge in [-0.1, -0.05) is 30.3 Å². The van der Waals surface area contributed by atoms with Gasteiger partial charge in [-0.05, 0) is 39.2 Å². The van der Waals surface area contributed by atoms with Crippen LogP contribution < -0.4 is 5.32 Å². The number of aromatic nitrogens is 2. The molecule has 2 rings (SSSR count). The van der Waals surface area contributed by atoms with Crippen LogP contribution in [0.1, 0.15) is 50.4 Å². The molecule has 23 heavy (non-hydrogen) atoms. The first-order valence-electron chi connectivity index (χ1n) is 8.09. The van der Waals surface area contributed by atoms with Gasteiger partial charge in [-0.3, -0.25) is 4.68 Å². The van der Waals surface area contributed by atoms with Gasteiger partial charge in [0.1, 0.15) is 0 Å². The fourth-order valence-corrected chi connectivity index (χ4v) is 2.52. The van der Waals surface area contributed by atoms with Crippen molar-refractivity contribution in [2.24, 2.45) is 0 Å². The van der Waals surface area contributed by atoms with Crippen molar-refractivity contribution in [3.8, 4) is 0 Å². The maximum Gasteiger partial charge on any atom is 0.253 e. The minimum Gasteiger partial charge on any atom is -0.302 e. The van der Waals surface area contributed by atoms with Crippen molar-refractivity contribution in [1.29, 1.82) is 0 Å². The molecule has 1 heterocycles. The Hall–Kier alpha value is -1.75. The first kappa shape index (κ1) is 17.6. The second kappa shape index (κ2) is 8.20. The van der Waals surface area contributed by atoms with E-state index in [4.69, 9.17) is 0 Å². The van der Waals surface area contributed by atoms with E-state index in [0.717, 1.165) is 11.1 Å². The standard InChI is InChI=1S/C18H25F2N3/c1-13(2)23-12-16(11-21-23)14(3)22-17(18(19)20)10-9-15-7-5-4-6-8-15/h4-8,11-14,17-18,22H,9-10H2,1-3H3/t14-,17+/m0/s1. The van der Waals surface area contributed by atoms with E-state index in [1.165, 1.54) is 0 Å². The lowest BCUT2D eigenvalue weighted by molar-refractivity contribution is 0.0888. The van der Waals surface area contributed by atoms with Crippen molar-refractivity contribution in [2.75, 3.05) is 0 Å². The fraction of sp³-hybridized carbons (Fsp3) is 0.500. The summed E-state index contributed by atoms with van der Waals surface area (Å²) in [6, 6.07) is 9.02. The van der Waals surface area contributed by atoms with Gasteiger partial charge in [-0.15, -0.1) is 0 Å². The molecule has 0 fully saturated rings. The summed E-state index contributed by atoms with van der Waals surface area (Å²) >= 11 is 0. The summed E-state index contributed by atoms with van der Waals surface area (Å²) in [5.74, 6) is 0. The van der Waals surface area contributed by atoms with Crippen molar-refractivity contribution in [2.45, 2.75) is 58.2 Å². The third kappa shape index (κ3) is 5.13. The molecule has 0 amide bonds. The predicted molar refractivity (Wildman–Crippen MR) is 88.7 cm³/mol. The molecule has 1 aromatic heterocycles. The number of hydrogen-bond donors (Lipinski definition) is 1. The zero-order valence-corrected chi connectivity index (χ0v) is 13.9. The van der Waals surface area contributed by atoms with Gasteiger partial charge in [0.15, 0.2) is 0 Å². The molecule has 0 radical (unpaired) electrons. The maximum atomic E-state index is 13.3. The first-order valence-corrected chi connectivity index (χ1v) is 8.09. The van der Waals surface area contributed by atoms with E-state index in [-0.39, 0.29) is 12.1 Å². The molecule has 0 aliphatic heterocycles. The molecule has 0 spiro atoms. The Morgan fingerprint density at radius 1 is 1.13 bits per heavy atom. The largest absolute Gasteiger partial charge is 0.302 e. The monoisotopic (exact) mass is 321 g/mol. The molecule has 0 aliphatic carbocycles. The molecule has 0 bridgehead atoms. The zero-order chi connectivity index (χ0) is 16.8. The van der Waals surface area contributed by atoms with Gasteiger partial charge in [0, 0.05) is 23.8 Å². The minimum absolute atomic E-state index is 0.155. The smallest absolute Gasteiger partial charge is 0.253 e. The average molecular weight is 321 g/mol. The maximum absolute atomic E-state index is 13.3. The van der Waals surface area contributed by atoms with Crippen molar-refractivity contribution >= 4 is 0 Å². The SMILES string of the molecule is CC(C)n1cc([C@H](C)N[C@H](CCc2ccccc2)C(F)F)cn1. The highest BCUT2D eigenvalue weighted by Crippen LogP contribution is 2.18. The summed E-state index contributed by atoms with van der Waals surface area (Å²) in [5.41, 5.74) is 2.02. The van der Waals surface area contributed by atoms with Crippen molar-refractivity contribution in [1.82, 2.24) is 15.1 Å². The molecule has 1 N–H and O–H groups in total. The van der Waals surface area contributed by atoms with Crippen molar-refractivity contribution in [3.63, 3.8) is 0 Å². The number of benzene rings is 1. The Labute approximate surface area is 136 Å². The number of hydrogen-bond acceptors (Lipinski definition) is 2. The normalized spacial score (nSPS) is 14.4. The Morgan fingerprint density at radius 3 is 2.39 bits per heavy atom. The number of nitrogens with zero attached hydrogens (tertiary/aromatic N) is 2. The lowest BCUT2D eigenvalue weighted by Gasteiger charge is -2.22. The van der Waals surface area contributed by atoms with E-state index >= 15 is 0 Å². The molecule has 0 saturated heterocycles. The second-order valence-corrected chi connectivity index (χ2v) is 6.20. The van der Waals surface area contributed by atoms with Crippen LogP contribution in [0.5, 0.6) is 0 Å². The van der Waals surface area contributed by atoms with Gasteiger partial charge in [0.05, 0.1) is 12.2 Å². The van der Waals surface area contributed by atoms with Crippen LogP contribution in [0, 0.1) is 0 Å². The number of aryl methyl sites for hydroxylation is 1. The molecule has 0 aliphatic rings. The van der Waals surface area contributed by atoms with Crippen LogP contribution in [0.3, 0.4) is 0 Å². The van der Waals surface area contributed by atoms with Crippen LogP contribution in [0.25, 0.3) is 0 Å². The molecule has 2 atom stereocenters. The highest BCUT2D eigenvalue weighted by atomic mass is 19.3. The van der Waals surface area contributed by atoms with Crippen LogP contribution in [0.4, 0.5) is 8.78 Å². The molecular formula is C18H25F2N3. The molecule has 126 valence electrons. The average Bonchev–Trinajstić information content (AvgIpc) is 3.02. The van der Waals surface area contributed by atoms with Crippen LogP contribution in [-0.2, 0) is 6.42 Å². The Morgan fingerprint density at radius 2 is 1.83 bits per heavy atom. The molecule has 2 aromatic rings. The molecule has 3 nitrogen and oxygen atoms in total. The molecule has 5 heteroatoms. The molecular weight excluding hydrogens is 296 g/mol. The van der Waals surface area contributed by atoms with Gasteiger partial charge in [-0.25, -0.2) is 8.78 Å². The zero-order valence-electron chi connectivity index (χ0n) is 13.9. The van der Waals surface area contributed by atoms with Crippen LogP contribution in [-0.4, -0.2) is 22.2 Å². The summed E-state index contributed by atoms with van der Waals surface area (Å²) in [5, 5.41) is 7.32. The highest BCUT2D eigenvalue weighted by Gasteiger charge is 2.23. The third-order valence-corrected chi connectivity index (χ3v) is 4.01. The van der Waals surface area contributed by atoms with E-state index in [9.17, 15) is 8.78 Å². The van der Waals surface area contributed by atoms with E-state index < -0.39 is 12.5 Å². The highest BCUT2D eigenvalue weighted by molar-refractivity contribution is 5.15. The number of alkyl halides is 2. The van der Waals surface area contributed by atoms with Gasteiger partial charge >= 0.3 is 0 Å². The van der Waals surface area contributed by atoms with E-state index in [1.54, 1.807) is 6.20 Å². The van der Waals surface area contributed by atoms with Gasteiger partial charge < -0.3 is 5.32 Å². The Kier molecular flexibility index (Phi) is 6.28. The quantitative estimate of drug-likeness (QED) is 0.782. The third-order valence-electron chi connectivity index (χ3n) is 4.01. The summed E-state index contributed by atoms with van der Waals surface area (Å²) < 4.78 is 28.5. The number of nitrogens with one attached hydrogen (secondary N) is 1. The van der Waals surface area contributed by atoms with Gasteiger partial charge in [-0.2, -0.15) is 5.10 Å². The summed E-state index contributed by atoms with van der Waals surface area (Å²) in [4.78, 5) is 0.